The number of ether oxygens (including phenoxy) is 1. The van der Waals surface area contributed by atoms with Crippen LogP contribution >= 0.6 is 0 Å². The van der Waals surface area contributed by atoms with Crippen LogP contribution in [-0.4, -0.2) is 40.0 Å². The van der Waals surface area contributed by atoms with Gasteiger partial charge in [-0.25, -0.2) is 4.98 Å². The van der Waals surface area contributed by atoms with E-state index >= 15 is 0 Å². The van der Waals surface area contributed by atoms with Crippen molar-refractivity contribution in [2.45, 2.75) is 47.3 Å². The van der Waals surface area contributed by atoms with Crippen LogP contribution in [0.4, 0.5) is 5.69 Å². The van der Waals surface area contributed by atoms with Crippen LogP contribution in [0.25, 0.3) is 0 Å². The third-order valence-corrected chi connectivity index (χ3v) is 4.66. The molecule has 1 amide bonds. The highest BCUT2D eigenvalue weighted by atomic mass is 16.5. The van der Waals surface area contributed by atoms with Gasteiger partial charge in [0.05, 0.1) is 30.1 Å². The first-order valence-corrected chi connectivity index (χ1v) is 9.16. The van der Waals surface area contributed by atoms with Gasteiger partial charge in [-0.15, -0.1) is 0 Å². The van der Waals surface area contributed by atoms with E-state index in [9.17, 15) is 9.59 Å². The fourth-order valence-electron chi connectivity index (χ4n) is 3.35. The summed E-state index contributed by atoms with van der Waals surface area (Å²) in [4.78, 5) is 34.5. The van der Waals surface area contributed by atoms with E-state index in [1.165, 1.54) is 0 Å². The van der Waals surface area contributed by atoms with Crippen LogP contribution in [0.1, 0.15) is 46.6 Å². The monoisotopic (exact) mass is 370 g/mol. The molecule has 0 unspecified atom stereocenters. The zero-order valence-electron chi connectivity index (χ0n) is 16.5. The average molecular weight is 370 g/mol. The molecule has 1 aliphatic heterocycles. The van der Waals surface area contributed by atoms with Crippen molar-refractivity contribution in [1.82, 2.24) is 14.9 Å². The number of aromatic nitrogens is 2. The van der Waals surface area contributed by atoms with Crippen molar-refractivity contribution >= 4 is 11.6 Å². The number of hydrogen-bond acceptors (Lipinski definition) is 5. The second kappa shape index (κ2) is 7.42. The largest absolute Gasteiger partial charge is 0.475 e. The predicted octanol–water partition coefficient (Wildman–Crippen LogP) is 2.55. The molecule has 0 atom stereocenters. The number of nitrogens with zero attached hydrogens (tertiary/aromatic N) is 2. The van der Waals surface area contributed by atoms with Crippen molar-refractivity contribution in [3.8, 4) is 5.88 Å². The zero-order valence-corrected chi connectivity index (χ0v) is 16.5. The third-order valence-electron chi connectivity index (χ3n) is 4.66. The van der Waals surface area contributed by atoms with Gasteiger partial charge in [-0.05, 0) is 46.2 Å². The van der Waals surface area contributed by atoms with Gasteiger partial charge in [0.1, 0.15) is 0 Å². The molecule has 7 heteroatoms. The van der Waals surface area contributed by atoms with Gasteiger partial charge in [-0.1, -0.05) is 0 Å². The fraction of sp³-hybridized carbons (Fsp3) is 0.450. The van der Waals surface area contributed by atoms with Gasteiger partial charge in [-0.3, -0.25) is 9.59 Å². The predicted molar refractivity (Wildman–Crippen MR) is 105 cm³/mol. The van der Waals surface area contributed by atoms with Gasteiger partial charge in [0, 0.05) is 29.9 Å². The normalized spacial score (nSPS) is 14.0. The number of hydrogen-bond donors (Lipinski definition) is 2. The maximum absolute atomic E-state index is 13.3. The average Bonchev–Trinajstić information content (AvgIpc) is 2.73. The number of aryl methyl sites for hydroxylation is 2. The van der Waals surface area contributed by atoms with E-state index in [0.717, 1.165) is 11.3 Å². The van der Waals surface area contributed by atoms with Crippen molar-refractivity contribution in [2.24, 2.45) is 0 Å². The molecule has 0 aliphatic carbocycles. The lowest BCUT2D eigenvalue weighted by atomic mass is 10.1. The Morgan fingerprint density at radius 3 is 2.67 bits per heavy atom. The smallest absolute Gasteiger partial charge is 0.256 e. The van der Waals surface area contributed by atoms with E-state index < -0.39 is 0 Å². The van der Waals surface area contributed by atoms with Crippen LogP contribution in [0.2, 0.25) is 0 Å². The van der Waals surface area contributed by atoms with Gasteiger partial charge in [0.25, 0.3) is 11.5 Å². The molecule has 2 N–H and O–H groups in total. The number of carbonyl (C=O) groups is 1. The number of nitrogens with one attached hydrogen (secondary N) is 2. The maximum Gasteiger partial charge on any atom is 0.256 e. The number of pyridine rings is 2. The molecule has 0 aromatic carbocycles. The van der Waals surface area contributed by atoms with Crippen molar-refractivity contribution < 1.29 is 9.53 Å². The minimum atomic E-state index is -0.145. The van der Waals surface area contributed by atoms with E-state index in [1.54, 1.807) is 11.1 Å². The Balaban J connectivity index is 1.98. The Kier molecular flexibility index (Phi) is 5.21. The quantitative estimate of drug-likeness (QED) is 0.864. The molecule has 2 aromatic rings. The Morgan fingerprint density at radius 1 is 1.26 bits per heavy atom. The number of fused-ring (bicyclic) bond motifs is 1. The number of H-pyrrole nitrogens is 1. The number of amides is 1. The van der Waals surface area contributed by atoms with Crippen molar-refractivity contribution in [1.29, 1.82) is 0 Å². The lowest BCUT2D eigenvalue weighted by Crippen LogP contribution is -2.35. The molecular formula is C20H26N4O3. The van der Waals surface area contributed by atoms with E-state index in [1.807, 2.05) is 40.7 Å². The molecule has 7 nitrogen and oxygen atoms in total. The van der Waals surface area contributed by atoms with Crippen LogP contribution in [0.3, 0.4) is 0 Å². The molecule has 3 heterocycles. The first-order chi connectivity index (χ1) is 12.8. The molecule has 1 aliphatic rings. The summed E-state index contributed by atoms with van der Waals surface area (Å²) < 4.78 is 5.74. The fourth-order valence-corrected chi connectivity index (χ4v) is 3.35. The van der Waals surface area contributed by atoms with Crippen LogP contribution < -0.4 is 15.6 Å². The van der Waals surface area contributed by atoms with Crippen LogP contribution in [0, 0.1) is 20.8 Å². The summed E-state index contributed by atoms with van der Waals surface area (Å²) in [5.41, 5.74) is 4.13. The first-order valence-electron chi connectivity index (χ1n) is 9.16. The molecule has 0 bridgehead atoms. The highest BCUT2D eigenvalue weighted by Crippen LogP contribution is 2.29. The van der Waals surface area contributed by atoms with Gasteiger partial charge < -0.3 is 19.9 Å². The minimum Gasteiger partial charge on any atom is -0.475 e. The molecule has 0 saturated carbocycles. The van der Waals surface area contributed by atoms with Crippen molar-refractivity contribution in [3.63, 3.8) is 0 Å². The van der Waals surface area contributed by atoms with E-state index in [2.05, 4.69) is 15.3 Å². The molecule has 0 radical (unpaired) electrons. The number of anilines is 1. The van der Waals surface area contributed by atoms with Gasteiger partial charge in [0.15, 0.2) is 0 Å². The van der Waals surface area contributed by atoms with Crippen LogP contribution in [0.15, 0.2) is 17.1 Å². The van der Waals surface area contributed by atoms with Crippen LogP contribution in [-0.2, 0) is 6.54 Å². The second-order valence-corrected chi connectivity index (χ2v) is 7.24. The highest BCUT2D eigenvalue weighted by Gasteiger charge is 2.27. The summed E-state index contributed by atoms with van der Waals surface area (Å²) in [6.45, 7) is 10.8. The van der Waals surface area contributed by atoms with Crippen molar-refractivity contribution in [3.05, 3.63) is 50.6 Å². The van der Waals surface area contributed by atoms with Crippen molar-refractivity contribution in [2.75, 3.05) is 18.4 Å². The zero-order chi connectivity index (χ0) is 19.7. The SMILES string of the molecule is Cc1cc(C)c(CN2CCNc3cnc(OC(C)C)c(C)c3C2=O)c(=O)[nH]1. The lowest BCUT2D eigenvalue weighted by molar-refractivity contribution is 0.0753. The number of aromatic amines is 1. The molecule has 0 saturated heterocycles. The molecule has 0 spiro atoms. The number of carbonyl (C=O) groups excluding carboxylic acids is 1. The Hall–Kier alpha value is -2.83. The van der Waals surface area contributed by atoms with Gasteiger partial charge in [-0.2, -0.15) is 0 Å². The summed E-state index contributed by atoms with van der Waals surface area (Å²) >= 11 is 0. The van der Waals surface area contributed by atoms with E-state index in [-0.39, 0.29) is 24.1 Å². The summed E-state index contributed by atoms with van der Waals surface area (Å²) in [5.74, 6) is 0.341. The van der Waals surface area contributed by atoms with Gasteiger partial charge in [0.2, 0.25) is 5.88 Å². The van der Waals surface area contributed by atoms with E-state index in [4.69, 9.17) is 4.74 Å². The maximum atomic E-state index is 13.3. The number of rotatable bonds is 4. The molecular weight excluding hydrogens is 344 g/mol. The molecule has 27 heavy (non-hydrogen) atoms. The Labute approximate surface area is 158 Å². The first kappa shape index (κ1) is 18.9. The second-order valence-electron chi connectivity index (χ2n) is 7.24. The third kappa shape index (κ3) is 3.82. The Morgan fingerprint density at radius 2 is 2.00 bits per heavy atom. The summed E-state index contributed by atoms with van der Waals surface area (Å²) in [6, 6.07) is 1.93. The molecule has 3 rings (SSSR count). The molecule has 144 valence electrons. The standard InChI is InChI=1S/C20H26N4O3/c1-11(2)27-19-14(5)17-16(9-22-19)21-6-7-24(20(17)26)10-15-12(3)8-13(4)23-18(15)25/h8-9,11,21H,6-7,10H2,1-5H3,(H,23,25). The summed E-state index contributed by atoms with van der Waals surface area (Å²) in [7, 11) is 0. The molecule has 2 aromatic heterocycles. The topological polar surface area (TPSA) is 87.3 Å². The Bertz CT molecular complexity index is 934. The highest BCUT2D eigenvalue weighted by molar-refractivity contribution is 6.02. The van der Waals surface area contributed by atoms with Crippen LogP contribution in [0.5, 0.6) is 5.88 Å². The lowest BCUT2D eigenvalue weighted by Gasteiger charge is -2.22. The van der Waals surface area contributed by atoms with E-state index in [0.29, 0.717) is 41.3 Å². The molecule has 0 fully saturated rings. The van der Waals surface area contributed by atoms with Gasteiger partial charge >= 0.3 is 0 Å². The summed E-state index contributed by atoms with van der Waals surface area (Å²) in [5, 5.41) is 3.26. The minimum absolute atomic E-state index is 0.0343. The summed E-state index contributed by atoms with van der Waals surface area (Å²) in [6.07, 6.45) is 1.61.